The smallest absolute Gasteiger partial charge is 0.148 e. The first-order valence-electron chi connectivity index (χ1n) is 12.0. The van der Waals surface area contributed by atoms with Gasteiger partial charge in [0.1, 0.15) is 5.65 Å². The van der Waals surface area contributed by atoms with Gasteiger partial charge in [-0.05, 0) is 74.5 Å². The third kappa shape index (κ3) is 2.11. The van der Waals surface area contributed by atoms with E-state index in [9.17, 15) is 0 Å². The summed E-state index contributed by atoms with van der Waals surface area (Å²) in [6.07, 6.45) is 9.56. The first-order chi connectivity index (χ1) is 17.4. The number of nitrogens with zero attached hydrogens (tertiary/aromatic N) is 4. The van der Waals surface area contributed by atoms with Crippen molar-refractivity contribution in [3.63, 3.8) is 0 Å². The van der Waals surface area contributed by atoms with Crippen molar-refractivity contribution >= 4 is 38.4 Å². The molecule has 0 fully saturated rings. The fourth-order valence-corrected chi connectivity index (χ4v) is 6.59. The second kappa shape index (κ2) is 6.10. The van der Waals surface area contributed by atoms with Gasteiger partial charge in [-0.2, -0.15) is 0 Å². The van der Waals surface area contributed by atoms with Crippen molar-refractivity contribution in [2.45, 2.75) is 12.8 Å². The Morgan fingerprint density at radius 2 is 1.46 bits per heavy atom. The molecule has 0 bridgehead atoms. The topological polar surface area (TPSA) is 43.1 Å². The van der Waals surface area contributed by atoms with E-state index in [0.717, 1.165) is 40.3 Å². The molecule has 0 spiro atoms. The van der Waals surface area contributed by atoms with Gasteiger partial charge in [-0.1, -0.05) is 42.5 Å². The minimum absolute atomic E-state index is 0.923. The second-order valence-corrected chi connectivity index (χ2v) is 9.68. The zero-order chi connectivity index (χ0) is 22.7. The normalized spacial score (nSPS) is 13.5. The van der Waals surface area contributed by atoms with E-state index in [0.29, 0.717) is 0 Å². The number of hydrogen-bond acceptors (Lipinski definition) is 3. The Kier molecular flexibility index (Phi) is 3.11. The molecule has 0 unspecified atom stereocenters. The van der Waals surface area contributed by atoms with Crippen LogP contribution < -0.4 is 0 Å². The lowest BCUT2D eigenvalue weighted by Gasteiger charge is -2.10. The van der Waals surface area contributed by atoms with E-state index in [1.807, 2.05) is 24.8 Å². The van der Waals surface area contributed by atoms with Crippen molar-refractivity contribution in [3.8, 4) is 22.3 Å². The molecule has 0 amide bonds. The van der Waals surface area contributed by atoms with Gasteiger partial charge in [0.05, 0.1) is 22.7 Å². The average Bonchev–Trinajstić information content (AvgIpc) is 3.59. The molecular formula is C31H18N4. The van der Waals surface area contributed by atoms with Crippen molar-refractivity contribution < 1.29 is 0 Å². The molecule has 0 atom stereocenters. The monoisotopic (exact) mass is 446 g/mol. The first kappa shape index (κ1) is 17.8. The lowest BCUT2D eigenvalue weighted by atomic mass is 9.95. The second-order valence-electron chi connectivity index (χ2n) is 9.68. The van der Waals surface area contributed by atoms with E-state index < -0.39 is 0 Å². The highest BCUT2D eigenvalue weighted by atomic mass is 15.0. The summed E-state index contributed by atoms with van der Waals surface area (Å²) in [5.41, 5.74) is 15.5. The number of aromatic nitrogens is 4. The Hall–Kier alpha value is -4.57. The molecule has 0 aliphatic heterocycles. The number of fused-ring (bicyclic) bond motifs is 16. The molecule has 2 aliphatic carbocycles. The van der Waals surface area contributed by atoms with E-state index in [4.69, 9.17) is 4.98 Å². The Morgan fingerprint density at radius 3 is 2.43 bits per heavy atom. The van der Waals surface area contributed by atoms with E-state index in [2.05, 4.69) is 75.0 Å². The maximum absolute atomic E-state index is 5.13. The van der Waals surface area contributed by atoms with Crippen molar-refractivity contribution in [1.82, 2.24) is 19.4 Å². The van der Waals surface area contributed by atoms with E-state index >= 15 is 0 Å². The first-order valence-corrected chi connectivity index (χ1v) is 12.0. The molecule has 0 radical (unpaired) electrons. The van der Waals surface area contributed by atoms with Gasteiger partial charge in [-0.25, -0.2) is 4.98 Å². The summed E-state index contributed by atoms with van der Waals surface area (Å²) in [6, 6.07) is 22.2. The molecule has 2 aliphatic rings. The summed E-state index contributed by atoms with van der Waals surface area (Å²) in [6.45, 7) is 0. The van der Waals surface area contributed by atoms with Crippen molar-refractivity contribution in [1.29, 1.82) is 0 Å². The van der Waals surface area contributed by atoms with Crippen LogP contribution in [-0.4, -0.2) is 19.4 Å². The van der Waals surface area contributed by atoms with Gasteiger partial charge in [0, 0.05) is 35.8 Å². The van der Waals surface area contributed by atoms with Crippen LogP contribution in [0.3, 0.4) is 0 Å². The molecule has 4 heteroatoms. The Balaban J connectivity index is 1.42. The summed E-state index contributed by atoms with van der Waals surface area (Å²) >= 11 is 0. The lowest BCUT2D eigenvalue weighted by molar-refractivity contribution is 1.22. The zero-order valence-corrected chi connectivity index (χ0v) is 18.8. The fraction of sp³-hybridized carbons (Fsp3) is 0.0645. The largest absolute Gasteiger partial charge is 0.290 e. The van der Waals surface area contributed by atoms with Crippen LogP contribution >= 0.6 is 0 Å². The van der Waals surface area contributed by atoms with Crippen molar-refractivity contribution in [2.24, 2.45) is 0 Å². The molecular weight excluding hydrogens is 428 g/mol. The van der Waals surface area contributed by atoms with E-state index in [1.165, 1.54) is 55.4 Å². The van der Waals surface area contributed by atoms with Crippen molar-refractivity contribution in [3.05, 3.63) is 108 Å². The minimum Gasteiger partial charge on any atom is -0.290 e. The van der Waals surface area contributed by atoms with E-state index in [-0.39, 0.29) is 0 Å². The van der Waals surface area contributed by atoms with Crippen LogP contribution in [0.25, 0.3) is 60.6 Å². The van der Waals surface area contributed by atoms with Crippen LogP contribution in [0.15, 0.2) is 85.5 Å². The van der Waals surface area contributed by atoms with Gasteiger partial charge in [-0.3, -0.25) is 14.4 Å². The number of pyridine rings is 3. The van der Waals surface area contributed by atoms with Crippen LogP contribution in [0, 0.1) is 0 Å². The molecule has 35 heavy (non-hydrogen) atoms. The average molecular weight is 447 g/mol. The molecule has 4 nitrogen and oxygen atoms in total. The highest BCUT2D eigenvalue weighted by molar-refractivity contribution is 6.14. The molecule has 9 rings (SSSR count). The maximum Gasteiger partial charge on any atom is 0.148 e. The summed E-state index contributed by atoms with van der Waals surface area (Å²) in [4.78, 5) is 14.1. The Bertz CT molecular complexity index is 2070. The summed E-state index contributed by atoms with van der Waals surface area (Å²) < 4.78 is 2.32. The van der Waals surface area contributed by atoms with Gasteiger partial charge >= 0.3 is 0 Å². The third-order valence-electron chi connectivity index (χ3n) is 8.03. The molecule has 3 aromatic carbocycles. The molecule has 7 aromatic rings. The number of rotatable bonds is 0. The Labute approximate surface area is 200 Å². The fourth-order valence-electron chi connectivity index (χ4n) is 6.59. The number of hydrogen-bond donors (Lipinski definition) is 0. The Morgan fingerprint density at radius 1 is 0.629 bits per heavy atom. The van der Waals surface area contributed by atoms with E-state index in [1.54, 1.807) is 0 Å². The quantitative estimate of drug-likeness (QED) is 0.243. The van der Waals surface area contributed by atoms with Crippen LogP contribution in [0.4, 0.5) is 0 Å². The standard InChI is InChI=1S/C31H18N4/c1-2-4-19-17(3-1)13-24-20(19)6-5-18-14-25-23(29(18)24)7-8-27-30(25)35-28-16-33-12-10-22(28)21-9-11-32-15-26(21)31(35)34-27/h1-12,15-16H,13-14H2. The predicted octanol–water partition coefficient (Wildman–Crippen LogP) is 6.73. The molecule has 0 saturated carbocycles. The SMILES string of the molecule is c1ccc2c(c1)Cc1c-2ccc2c1-c1ccc3nc4c5cnccc5c5ccncc5n4c3c1C2. The molecule has 0 N–H and O–H groups in total. The highest BCUT2D eigenvalue weighted by Crippen LogP contribution is 2.49. The minimum atomic E-state index is 0.923. The lowest BCUT2D eigenvalue weighted by Crippen LogP contribution is -1.95. The number of imidazole rings is 1. The molecule has 4 aromatic heterocycles. The molecule has 0 saturated heterocycles. The maximum atomic E-state index is 5.13. The van der Waals surface area contributed by atoms with Gasteiger partial charge in [0.25, 0.3) is 0 Å². The zero-order valence-electron chi connectivity index (χ0n) is 18.8. The highest BCUT2D eigenvalue weighted by Gasteiger charge is 2.30. The van der Waals surface area contributed by atoms with Gasteiger partial charge < -0.3 is 0 Å². The predicted molar refractivity (Wildman–Crippen MR) is 140 cm³/mol. The van der Waals surface area contributed by atoms with Gasteiger partial charge in [0.15, 0.2) is 0 Å². The third-order valence-corrected chi connectivity index (χ3v) is 8.03. The number of benzene rings is 3. The summed E-state index contributed by atoms with van der Waals surface area (Å²) in [7, 11) is 0. The van der Waals surface area contributed by atoms with Crippen molar-refractivity contribution in [2.75, 3.05) is 0 Å². The van der Waals surface area contributed by atoms with Crippen LogP contribution in [0.5, 0.6) is 0 Å². The molecule has 162 valence electrons. The van der Waals surface area contributed by atoms with Crippen LogP contribution in [-0.2, 0) is 12.8 Å². The summed E-state index contributed by atoms with van der Waals surface area (Å²) in [5.74, 6) is 0. The van der Waals surface area contributed by atoms with Gasteiger partial charge in [0.2, 0.25) is 0 Å². The summed E-state index contributed by atoms with van der Waals surface area (Å²) in [5, 5.41) is 3.41. The molecule has 4 heterocycles. The van der Waals surface area contributed by atoms with Crippen LogP contribution in [0.2, 0.25) is 0 Å². The van der Waals surface area contributed by atoms with Crippen LogP contribution in [0.1, 0.15) is 22.3 Å². The van der Waals surface area contributed by atoms with Gasteiger partial charge in [-0.15, -0.1) is 0 Å².